The number of anilines is 1. The number of ether oxygens (including phenoxy) is 3. The Morgan fingerprint density at radius 1 is 1.04 bits per heavy atom. The van der Waals surface area contributed by atoms with Crippen LogP contribution in [0.3, 0.4) is 0 Å². The topological polar surface area (TPSA) is 77.1 Å². The summed E-state index contributed by atoms with van der Waals surface area (Å²) in [5.74, 6) is 1.19. The molecule has 0 heterocycles. The van der Waals surface area contributed by atoms with Gasteiger partial charge in [-0.25, -0.2) is 0 Å². The van der Waals surface area contributed by atoms with Gasteiger partial charge in [-0.3, -0.25) is 9.59 Å². The number of nitrogens with zero attached hydrogens (tertiary/aromatic N) is 1. The zero-order valence-corrected chi connectivity index (χ0v) is 15.7. The zero-order chi connectivity index (χ0) is 18.8. The van der Waals surface area contributed by atoms with E-state index in [1.54, 1.807) is 17.0 Å². The number of amides is 2. The van der Waals surface area contributed by atoms with Crippen LogP contribution >= 0.6 is 0 Å². The van der Waals surface area contributed by atoms with Crippen LogP contribution in [0.5, 0.6) is 17.2 Å². The Balaban J connectivity index is 2.74. The zero-order valence-electron chi connectivity index (χ0n) is 15.7. The van der Waals surface area contributed by atoms with Crippen molar-refractivity contribution in [2.24, 2.45) is 0 Å². The Labute approximate surface area is 149 Å². The Hall–Kier alpha value is -2.44. The number of unbranched alkanes of at least 4 members (excludes halogenated alkanes) is 1. The van der Waals surface area contributed by atoms with E-state index in [0.29, 0.717) is 36.0 Å². The average Bonchev–Trinajstić information content (AvgIpc) is 2.60. The van der Waals surface area contributed by atoms with E-state index >= 15 is 0 Å². The molecule has 0 radical (unpaired) electrons. The van der Waals surface area contributed by atoms with Crippen LogP contribution < -0.4 is 19.5 Å². The van der Waals surface area contributed by atoms with Crippen molar-refractivity contribution in [3.63, 3.8) is 0 Å². The van der Waals surface area contributed by atoms with Gasteiger partial charge in [-0.2, -0.15) is 0 Å². The van der Waals surface area contributed by atoms with Gasteiger partial charge in [0, 0.05) is 44.3 Å². The minimum absolute atomic E-state index is 0.0194. The van der Waals surface area contributed by atoms with Gasteiger partial charge in [0.2, 0.25) is 17.6 Å². The maximum absolute atomic E-state index is 12.2. The van der Waals surface area contributed by atoms with Gasteiger partial charge >= 0.3 is 0 Å². The molecule has 2 amide bonds. The predicted octanol–water partition coefficient (Wildman–Crippen LogP) is 2.69. The molecule has 1 N–H and O–H groups in total. The van der Waals surface area contributed by atoms with Crippen LogP contribution in [-0.2, 0) is 9.59 Å². The molecule has 0 saturated heterocycles. The maximum atomic E-state index is 12.2. The van der Waals surface area contributed by atoms with Gasteiger partial charge in [-0.1, -0.05) is 13.3 Å². The lowest BCUT2D eigenvalue weighted by Gasteiger charge is -2.20. The normalized spacial score (nSPS) is 10.1. The highest BCUT2D eigenvalue weighted by molar-refractivity contribution is 5.92. The molecule has 0 atom stereocenters. The van der Waals surface area contributed by atoms with Crippen molar-refractivity contribution in [3.05, 3.63) is 12.1 Å². The molecule has 1 rings (SSSR count). The lowest BCUT2D eigenvalue weighted by atomic mass is 10.2. The Morgan fingerprint density at radius 2 is 1.64 bits per heavy atom. The SMILES string of the molecule is CCCCN(CCC(=O)Nc1cc(OC)c(OC)c(OC)c1)C(C)=O. The van der Waals surface area contributed by atoms with Crippen LogP contribution in [0.1, 0.15) is 33.1 Å². The summed E-state index contributed by atoms with van der Waals surface area (Å²) in [6.07, 6.45) is 2.15. The standard InChI is InChI=1S/C18H28N2O5/c1-6-7-9-20(13(2)21)10-8-17(22)19-14-11-15(23-3)18(25-5)16(12-14)24-4/h11-12H,6-10H2,1-5H3,(H,19,22). The third-order valence-electron chi connectivity index (χ3n) is 3.78. The number of rotatable bonds is 10. The van der Waals surface area contributed by atoms with E-state index in [0.717, 1.165) is 12.8 Å². The molecule has 0 aliphatic rings. The Kier molecular flexibility index (Phi) is 8.60. The largest absolute Gasteiger partial charge is 0.493 e. The second kappa shape index (κ2) is 10.4. The highest BCUT2D eigenvalue weighted by atomic mass is 16.5. The van der Waals surface area contributed by atoms with Gasteiger partial charge in [-0.05, 0) is 6.42 Å². The van der Waals surface area contributed by atoms with Crippen molar-refractivity contribution >= 4 is 17.5 Å². The van der Waals surface area contributed by atoms with Gasteiger partial charge in [0.05, 0.1) is 21.3 Å². The lowest BCUT2D eigenvalue weighted by Crippen LogP contribution is -2.32. The summed E-state index contributed by atoms with van der Waals surface area (Å²) in [6.45, 7) is 4.65. The smallest absolute Gasteiger partial charge is 0.226 e. The summed E-state index contributed by atoms with van der Waals surface area (Å²) in [5.41, 5.74) is 0.544. The molecule has 7 heteroatoms. The fourth-order valence-corrected chi connectivity index (χ4v) is 2.39. The molecule has 0 aliphatic carbocycles. The maximum Gasteiger partial charge on any atom is 0.226 e. The summed E-state index contributed by atoms with van der Waals surface area (Å²) in [6, 6.07) is 3.33. The highest BCUT2D eigenvalue weighted by Crippen LogP contribution is 2.39. The van der Waals surface area contributed by atoms with Crippen molar-refractivity contribution < 1.29 is 23.8 Å². The van der Waals surface area contributed by atoms with Gasteiger partial charge in [0.25, 0.3) is 0 Å². The average molecular weight is 352 g/mol. The number of carbonyl (C=O) groups is 2. The molecule has 1 aromatic carbocycles. The molecular formula is C18H28N2O5. The molecule has 0 aromatic heterocycles. The van der Waals surface area contributed by atoms with E-state index in [1.807, 2.05) is 0 Å². The van der Waals surface area contributed by atoms with E-state index in [-0.39, 0.29) is 18.2 Å². The van der Waals surface area contributed by atoms with E-state index in [1.165, 1.54) is 28.3 Å². The fourth-order valence-electron chi connectivity index (χ4n) is 2.39. The summed E-state index contributed by atoms with van der Waals surface area (Å²) in [5, 5.41) is 2.80. The van der Waals surface area contributed by atoms with Crippen LogP contribution in [-0.4, -0.2) is 51.1 Å². The monoisotopic (exact) mass is 352 g/mol. The summed E-state index contributed by atoms with van der Waals surface area (Å²) >= 11 is 0. The highest BCUT2D eigenvalue weighted by Gasteiger charge is 2.15. The Bertz CT molecular complexity index is 564. The van der Waals surface area contributed by atoms with Gasteiger partial charge in [0.15, 0.2) is 11.5 Å². The molecular weight excluding hydrogens is 324 g/mol. The van der Waals surface area contributed by atoms with Crippen molar-refractivity contribution in [3.8, 4) is 17.2 Å². The first-order valence-corrected chi connectivity index (χ1v) is 8.32. The number of hydrogen-bond acceptors (Lipinski definition) is 5. The molecule has 0 unspecified atom stereocenters. The number of nitrogens with one attached hydrogen (secondary N) is 1. The molecule has 0 fully saturated rings. The van der Waals surface area contributed by atoms with E-state index < -0.39 is 0 Å². The van der Waals surface area contributed by atoms with Gasteiger partial charge in [0.1, 0.15) is 0 Å². The lowest BCUT2D eigenvalue weighted by molar-refractivity contribution is -0.129. The van der Waals surface area contributed by atoms with Crippen LogP contribution in [0.15, 0.2) is 12.1 Å². The molecule has 1 aromatic rings. The predicted molar refractivity (Wildman–Crippen MR) is 96.5 cm³/mol. The molecule has 0 saturated carbocycles. The van der Waals surface area contributed by atoms with Crippen molar-refractivity contribution in [2.45, 2.75) is 33.1 Å². The third kappa shape index (κ3) is 6.17. The van der Waals surface area contributed by atoms with Crippen LogP contribution in [0.25, 0.3) is 0 Å². The summed E-state index contributed by atoms with van der Waals surface area (Å²) in [4.78, 5) is 25.5. The first-order valence-electron chi connectivity index (χ1n) is 8.32. The molecule has 7 nitrogen and oxygen atoms in total. The van der Waals surface area contributed by atoms with E-state index in [4.69, 9.17) is 14.2 Å². The molecule has 0 aliphatic heterocycles. The quantitative estimate of drug-likeness (QED) is 0.700. The fraction of sp³-hybridized carbons (Fsp3) is 0.556. The number of carbonyl (C=O) groups excluding carboxylic acids is 2. The number of hydrogen-bond donors (Lipinski definition) is 1. The molecule has 25 heavy (non-hydrogen) atoms. The van der Waals surface area contributed by atoms with E-state index in [9.17, 15) is 9.59 Å². The minimum atomic E-state index is -0.183. The first kappa shape index (κ1) is 20.6. The molecule has 140 valence electrons. The van der Waals surface area contributed by atoms with Crippen molar-refractivity contribution in [1.82, 2.24) is 4.90 Å². The van der Waals surface area contributed by atoms with Crippen molar-refractivity contribution in [2.75, 3.05) is 39.7 Å². The number of benzene rings is 1. The van der Waals surface area contributed by atoms with Crippen molar-refractivity contribution in [1.29, 1.82) is 0 Å². The van der Waals surface area contributed by atoms with Gasteiger partial charge < -0.3 is 24.4 Å². The van der Waals surface area contributed by atoms with E-state index in [2.05, 4.69) is 12.2 Å². The third-order valence-corrected chi connectivity index (χ3v) is 3.78. The first-order chi connectivity index (χ1) is 12.0. The molecule has 0 bridgehead atoms. The summed E-state index contributed by atoms with van der Waals surface area (Å²) < 4.78 is 15.8. The summed E-state index contributed by atoms with van der Waals surface area (Å²) in [7, 11) is 4.55. The minimum Gasteiger partial charge on any atom is -0.493 e. The molecule has 0 spiro atoms. The van der Waals surface area contributed by atoms with Crippen LogP contribution in [0, 0.1) is 0 Å². The second-order valence-corrected chi connectivity index (χ2v) is 5.57. The number of methoxy groups -OCH3 is 3. The second-order valence-electron chi connectivity index (χ2n) is 5.57. The van der Waals surface area contributed by atoms with Crippen LogP contribution in [0.4, 0.5) is 5.69 Å². The van der Waals surface area contributed by atoms with Gasteiger partial charge in [-0.15, -0.1) is 0 Å². The Morgan fingerprint density at radius 3 is 2.08 bits per heavy atom. The van der Waals surface area contributed by atoms with Crippen LogP contribution in [0.2, 0.25) is 0 Å².